The lowest BCUT2D eigenvalue weighted by molar-refractivity contribution is 0.162. The van der Waals surface area contributed by atoms with Crippen LogP contribution < -0.4 is 10.6 Å². The fourth-order valence-corrected chi connectivity index (χ4v) is 3.16. The summed E-state index contributed by atoms with van der Waals surface area (Å²) in [6, 6.07) is -0.0988. The van der Waals surface area contributed by atoms with E-state index in [1.54, 1.807) is 12.5 Å². The number of oxazole rings is 1. The monoisotopic (exact) mass is 360 g/mol. The van der Waals surface area contributed by atoms with Crippen LogP contribution in [0.3, 0.4) is 0 Å². The number of hydrogen-bond acceptors (Lipinski definition) is 5. The number of carbonyl (C=O) groups excluding carboxylic acids is 1. The Morgan fingerprint density at radius 2 is 2.12 bits per heavy atom. The van der Waals surface area contributed by atoms with Gasteiger partial charge in [0, 0.05) is 32.0 Å². The number of aromatic nitrogens is 3. The van der Waals surface area contributed by atoms with Gasteiger partial charge in [0.2, 0.25) is 5.89 Å². The van der Waals surface area contributed by atoms with Crippen LogP contribution in [-0.4, -0.2) is 51.6 Å². The average Bonchev–Trinajstić information content (AvgIpc) is 3.24. The maximum atomic E-state index is 11.9. The smallest absolute Gasteiger partial charge is 0.314 e. The maximum absolute atomic E-state index is 11.9. The van der Waals surface area contributed by atoms with Gasteiger partial charge in [0.05, 0.1) is 18.6 Å². The Morgan fingerprint density at radius 1 is 1.31 bits per heavy atom. The molecule has 1 aliphatic rings. The molecule has 142 valence electrons. The minimum absolute atomic E-state index is 0.0988. The molecule has 0 bridgehead atoms. The first-order valence-corrected chi connectivity index (χ1v) is 9.23. The van der Waals surface area contributed by atoms with Crippen molar-refractivity contribution in [3.63, 3.8) is 0 Å². The Balaban J connectivity index is 1.29. The highest BCUT2D eigenvalue weighted by Crippen LogP contribution is 2.19. The molecule has 2 N–H and O–H groups in total. The summed E-state index contributed by atoms with van der Waals surface area (Å²) in [5.41, 5.74) is 0.970. The summed E-state index contributed by atoms with van der Waals surface area (Å²) in [6.07, 6.45) is 7.52. The van der Waals surface area contributed by atoms with E-state index in [4.69, 9.17) is 4.42 Å². The van der Waals surface area contributed by atoms with Crippen LogP contribution in [0.2, 0.25) is 0 Å². The fraction of sp³-hybridized carbons (Fsp3) is 0.611. The summed E-state index contributed by atoms with van der Waals surface area (Å²) in [7, 11) is 0. The second kappa shape index (κ2) is 8.84. The van der Waals surface area contributed by atoms with E-state index in [9.17, 15) is 4.79 Å². The summed E-state index contributed by atoms with van der Waals surface area (Å²) in [5, 5.41) is 5.86. The number of carbonyl (C=O) groups is 1. The highest BCUT2D eigenvalue weighted by atomic mass is 16.4. The number of aryl methyl sites for hydroxylation is 2. The number of rotatable bonds is 7. The quantitative estimate of drug-likeness (QED) is 0.785. The molecule has 2 amide bonds. The van der Waals surface area contributed by atoms with Gasteiger partial charge in [0.15, 0.2) is 0 Å². The Hall–Kier alpha value is -2.35. The van der Waals surface area contributed by atoms with Crippen molar-refractivity contribution in [2.24, 2.45) is 5.92 Å². The topological polar surface area (TPSA) is 88.2 Å². The van der Waals surface area contributed by atoms with Gasteiger partial charge in [-0.1, -0.05) is 0 Å². The van der Waals surface area contributed by atoms with Crippen molar-refractivity contribution in [3.05, 3.63) is 36.1 Å². The van der Waals surface area contributed by atoms with Crippen molar-refractivity contribution < 1.29 is 9.21 Å². The van der Waals surface area contributed by atoms with Gasteiger partial charge in [-0.15, -0.1) is 0 Å². The second-order valence-electron chi connectivity index (χ2n) is 6.91. The SMILES string of the molecule is Cc1nc(CN2CCC(CNC(=O)NCCn3ccnc3)CC2)oc1C. The molecule has 0 spiro atoms. The molecule has 26 heavy (non-hydrogen) atoms. The highest BCUT2D eigenvalue weighted by Gasteiger charge is 2.21. The van der Waals surface area contributed by atoms with Gasteiger partial charge in [0.25, 0.3) is 0 Å². The van der Waals surface area contributed by atoms with Gasteiger partial charge < -0.3 is 19.6 Å². The zero-order valence-corrected chi connectivity index (χ0v) is 15.6. The lowest BCUT2D eigenvalue weighted by Crippen LogP contribution is -2.42. The van der Waals surface area contributed by atoms with Crippen molar-refractivity contribution in [2.45, 2.75) is 39.8 Å². The van der Waals surface area contributed by atoms with Crippen LogP contribution in [-0.2, 0) is 13.1 Å². The van der Waals surface area contributed by atoms with Gasteiger partial charge in [-0.05, 0) is 45.7 Å². The molecule has 0 aliphatic carbocycles. The molecular formula is C18H28N6O2. The van der Waals surface area contributed by atoms with Gasteiger partial charge in [0.1, 0.15) is 5.76 Å². The third kappa shape index (κ3) is 5.32. The third-order valence-corrected chi connectivity index (χ3v) is 4.90. The van der Waals surface area contributed by atoms with Crippen molar-refractivity contribution in [1.29, 1.82) is 0 Å². The van der Waals surface area contributed by atoms with E-state index in [-0.39, 0.29) is 6.03 Å². The summed E-state index contributed by atoms with van der Waals surface area (Å²) in [5.74, 6) is 2.23. The molecule has 3 heterocycles. The molecule has 0 unspecified atom stereocenters. The molecule has 8 nitrogen and oxygen atoms in total. The van der Waals surface area contributed by atoms with E-state index in [2.05, 4.69) is 25.5 Å². The van der Waals surface area contributed by atoms with Crippen LogP contribution in [0.5, 0.6) is 0 Å². The van der Waals surface area contributed by atoms with Crippen molar-refractivity contribution in [2.75, 3.05) is 26.2 Å². The molecule has 2 aromatic rings. The lowest BCUT2D eigenvalue weighted by Gasteiger charge is -2.31. The molecule has 1 fully saturated rings. The van der Waals surface area contributed by atoms with E-state index in [1.165, 1.54) is 0 Å². The zero-order valence-electron chi connectivity index (χ0n) is 15.6. The number of piperidine rings is 1. The van der Waals surface area contributed by atoms with Crippen LogP contribution in [0.1, 0.15) is 30.2 Å². The molecule has 0 atom stereocenters. The first-order valence-electron chi connectivity index (χ1n) is 9.23. The van der Waals surface area contributed by atoms with Crippen LogP contribution in [0, 0.1) is 19.8 Å². The van der Waals surface area contributed by atoms with Gasteiger partial charge in [-0.2, -0.15) is 0 Å². The minimum Gasteiger partial charge on any atom is -0.444 e. The molecule has 1 aliphatic heterocycles. The Kier molecular flexibility index (Phi) is 6.27. The predicted octanol–water partition coefficient (Wildman–Crippen LogP) is 1.70. The van der Waals surface area contributed by atoms with Crippen LogP contribution >= 0.6 is 0 Å². The van der Waals surface area contributed by atoms with E-state index < -0.39 is 0 Å². The van der Waals surface area contributed by atoms with Crippen LogP contribution in [0.4, 0.5) is 4.79 Å². The lowest BCUT2D eigenvalue weighted by atomic mass is 9.97. The van der Waals surface area contributed by atoms with Gasteiger partial charge in [-0.25, -0.2) is 14.8 Å². The third-order valence-electron chi connectivity index (χ3n) is 4.90. The molecule has 0 radical (unpaired) electrons. The Morgan fingerprint density at radius 3 is 2.77 bits per heavy atom. The second-order valence-corrected chi connectivity index (χ2v) is 6.91. The molecule has 0 saturated carbocycles. The Bertz CT molecular complexity index is 669. The van der Waals surface area contributed by atoms with E-state index in [1.807, 2.05) is 24.6 Å². The molecule has 1 saturated heterocycles. The summed E-state index contributed by atoms with van der Waals surface area (Å²) >= 11 is 0. The largest absolute Gasteiger partial charge is 0.444 e. The van der Waals surface area contributed by atoms with Crippen LogP contribution in [0.25, 0.3) is 0 Å². The van der Waals surface area contributed by atoms with Crippen molar-refractivity contribution in [3.8, 4) is 0 Å². The number of hydrogen-bond donors (Lipinski definition) is 2. The predicted molar refractivity (Wildman–Crippen MR) is 97.6 cm³/mol. The number of nitrogens with zero attached hydrogens (tertiary/aromatic N) is 4. The Labute approximate surface area is 154 Å². The van der Waals surface area contributed by atoms with E-state index in [0.29, 0.717) is 12.5 Å². The molecule has 8 heteroatoms. The summed E-state index contributed by atoms with van der Waals surface area (Å²) < 4.78 is 7.60. The first kappa shape index (κ1) is 18.4. The standard InChI is InChI=1S/C18H28N6O2/c1-14-15(2)26-17(22-14)12-23-7-3-16(4-8-23)11-21-18(25)20-6-10-24-9-5-19-13-24/h5,9,13,16H,3-4,6-8,10-12H2,1-2H3,(H2,20,21,25). The van der Waals surface area contributed by atoms with Gasteiger partial charge >= 0.3 is 6.03 Å². The molecule has 2 aromatic heterocycles. The summed E-state index contributed by atoms with van der Waals surface area (Å²) in [4.78, 5) is 22.7. The summed E-state index contributed by atoms with van der Waals surface area (Å²) in [6.45, 7) is 8.75. The van der Waals surface area contributed by atoms with E-state index in [0.717, 1.165) is 62.9 Å². The van der Waals surface area contributed by atoms with Crippen molar-refractivity contribution in [1.82, 2.24) is 30.1 Å². The zero-order chi connectivity index (χ0) is 18.4. The number of likely N-dealkylation sites (tertiary alicyclic amines) is 1. The van der Waals surface area contributed by atoms with Gasteiger partial charge in [-0.3, -0.25) is 4.90 Å². The first-order chi connectivity index (χ1) is 12.6. The van der Waals surface area contributed by atoms with Crippen LogP contribution in [0.15, 0.2) is 23.1 Å². The normalized spacial score (nSPS) is 15.9. The number of urea groups is 1. The molecule has 3 rings (SSSR count). The number of amides is 2. The average molecular weight is 360 g/mol. The van der Waals surface area contributed by atoms with Crippen molar-refractivity contribution >= 4 is 6.03 Å². The highest BCUT2D eigenvalue weighted by molar-refractivity contribution is 5.73. The maximum Gasteiger partial charge on any atom is 0.314 e. The molecular weight excluding hydrogens is 332 g/mol. The van der Waals surface area contributed by atoms with E-state index >= 15 is 0 Å². The minimum atomic E-state index is -0.0988. The molecule has 0 aromatic carbocycles. The number of imidazole rings is 1. The fourth-order valence-electron chi connectivity index (χ4n) is 3.16. The number of nitrogens with one attached hydrogen (secondary N) is 2.